The molecular formula is C44H67N7O3. The monoisotopic (exact) mass is 742 g/mol. The third-order valence-corrected chi connectivity index (χ3v) is 10.6. The lowest BCUT2D eigenvalue weighted by Gasteiger charge is -2.23. The van der Waals surface area contributed by atoms with Gasteiger partial charge in [-0.05, 0) is 55.4 Å². The molecule has 0 unspecified atom stereocenters. The van der Waals surface area contributed by atoms with E-state index in [9.17, 15) is 14.4 Å². The van der Waals surface area contributed by atoms with E-state index in [0.717, 1.165) is 45.8 Å². The van der Waals surface area contributed by atoms with Crippen molar-refractivity contribution in [3.05, 3.63) is 72.1 Å². The molecule has 0 aliphatic heterocycles. The van der Waals surface area contributed by atoms with Crippen molar-refractivity contribution in [2.75, 3.05) is 26.2 Å². The molecule has 2 aromatic carbocycles. The molecule has 4 rings (SSSR count). The van der Waals surface area contributed by atoms with Crippen LogP contribution in [-0.2, 0) is 27.2 Å². The Hall–Kier alpha value is -4.15. The topological polar surface area (TPSA) is 162 Å². The van der Waals surface area contributed by atoms with E-state index in [4.69, 9.17) is 11.5 Å². The highest BCUT2D eigenvalue weighted by Gasteiger charge is 2.19. The number of amides is 3. The van der Waals surface area contributed by atoms with Gasteiger partial charge in [0, 0.05) is 66.8 Å². The fraction of sp³-hybridized carbons (Fsp3) is 0.568. The van der Waals surface area contributed by atoms with Crippen LogP contribution in [-0.4, -0.2) is 70.9 Å². The number of unbranched alkanes of at least 4 members (excludes halogenated alkanes) is 12. The van der Waals surface area contributed by atoms with Gasteiger partial charge in [0.1, 0.15) is 0 Å². The van der Waals surface area contributed by atoms with Crippen LogP contribution >= 0.6 is 0 Å². The van der Waals surface area contributed by atoms with Gasteiger partial charge in [-0.25, -0.2) is 0 Å². The Labute approximate surface area is 323 Å². The second-order valence-corrected chi connectivity index (χ2v) is 15.0. The molecule has 3 amide bonds. The number of H-pyrrole nitrogens is 2. The molecule has 10 heteroatoms. The molecule has 0 aliphatic carbocycles. The van der Waals surface area contributed by atoms with Crippen LogP contribution in [0.2, 0.25) is 0 Å². The molecule has 54 heavy (non-hydrogen) atoms. The van der Waals surface area contributed by atoms with Gasteiger partial charge < -0.3 is 37.0 Å². The summed E-state index contributed by atoms with van der Waals surface area (Å²) in [5, 5.41) is 8.09. The maximum Gasteiger partial charge on any atom is 0.237 e. The smallest absolute Gasteiger partial charge is 0.237 e. The molecule has 4 aromatic rings. The number of benzene rings is 2. The number of carbonyl (C=O) groups excluding carboxylic acids is 3. The van der Waals surface area contributed by atoms with Gasteiger partial charge in [0.25, 0.3) is 0 Å². The average molecular weight is 742 g/mol. The van der Waals surface area contributed by atoms with Crippen LogP contribution in [0.4, 0.5) is 0 Å². The van der Waals surface area contributed by atoms with E-state index in [0.29, 0.717) is 58.3 Å². The minimum atomic E-state index is -0.663. The second-order valence-electron chi connectivity index (χ2n) is 15.0. The van der Waals surface area contributed by atoms with Crippen molar-refractivity contribution >= 4 is 39.5 Å². The summed E-state index contributed by atoms with van der Waals surface area (Å²) >= 11 is 0. The Morgan fingerprint density at radius 3 is 1.44 bits per heavy atom. The number of fused-ring (bicyclic) bond motifs is 2. The standard InChI is InChI=1S/C44H67N7O3/c1-2-3-4-5-6-7-8-9-10-11-12-13-14-25-42(52)51(28-19-26-47-43(53)38(45)30-34-32-49-40-23-17-15-21-36(34)40)29-20-27-48-44(54)39(46)31-35-33-50-41-24-18-16-22-37(35)41/h15-18,21-24,32-33,38-39,49-50H,2-14,19-20,25-31,45-46H2,1H3,(H,47,53)(H,48,54)/t38-,39-/m0/s1. The molecule has 0 saturated carbocycles. The summed E-state index contributed by atoms with van der Waals surface area (Å²) in [4.78, 5) is 47.5. The summed E-state index contributed by atoms with van der Waals surface area (Å²) in [6.07, 6.45) is 22.9. The van der Waals surface area contributed by atoms with Crippen LogP contribution in [0.25, 0.3) is 21.8 Å². The van der Waals surface area contributed by atoms with Crippen molar-refractivity contribution < 1.29 is 14.4 Å². The molecular weight excluding hydrogens is 675 g/mol. The van der Waals surface area contributed by atoms with Crippen molar-refractivity contribution in [1.29, 1.82) is 0 Å². The van der Waals surface area contributed by atoms with E-state index in [2.05, 4.69) is 27.5 Å². The van der Waals surface area contributed by atoms with Crippen molar-refractivity contribution in [2.45, 2.75) is 135 Å². The summed E-state index contributed by atoms with van der Waals surface area (Å²) in [5.41, 5.74) is 16.7. The highest BCUT2D eigenvalue weighted by Crippen LogP contribution is 2.20. The van der Waals surface area contributed by atoms with Crippen LogP contribution < -0.4 is 22.1 Å². The predicted octanol–water partition coefficient (Wildman–Crippen LogP) is 7.41. The number of aromatic nitrogens is 2. The molecule has 8 N–H and O–H groups in total. The van der Waals surface area contributed by atoms with Gasteiger partial charge in [-0.3, -0.25) is 14.4 Å². The van der Waals surface area contributed by atoms with Gasteiger partial charge in [-0.15, -0.1) is 0 Å². The first kappa shape index (κ1) is 42.6. The van der Waals surface area contributed by atoms with Crippen LogP contribution in [0, 0.1) is 0 Å². The summed E-state index contributed by atoms with van der Waals surface area (Å²) in [6.45, 7) is 4.19. The van der Waals surface area contributed by atoms with Gasteiger partial charge in [0.2, 0.25) is 17.7 Å². The summed E-state index contributed by atoms with van der Waals surface area (Å²) in [7, 11) is 0. The number of rotatable bonds is 28. The average Bonchev–Trinajstić information content (AvgIpc) is 3.79. The molecule has 296 valence electrons. The Bertz CT molecular complexity index is 1580. The van der Waals surface area contributed by atoms with E-state index in [-0.39, 0.29) is 17.7 Å². The zero-order valence-corrected chi connectivity index (χ0v) is 32.8. The SMILES string of the molecule is CCCCCCCCCCCCCCCC(=O)N(CCCNC(=O)[C@@H](N)Cc1c[nH]c2ccccc12)CCCNC(=O)[C@@H](N)Cc1c[nH]c2ccccc12. The van der Waals surface area contributed by atoms with E-state index in [1.807, 2.05) is 65.8 Å². The van der Waals surface area contributed by atoms with Crippen LogP contribution in [0.1, 0.15) is 121 Å². The van der Waals surface area contributed by atoms with Crippen LogP contribution in [0.5, 0.6) is 0 Å². The first-order valence-corrected chi connectivity index (χ1v) is 20.8. The Morgan fingerprint density at radius 2 is 1.00 bits per heavy atom. The van der Waals surface area contributed by atoms with E-state index in [1.54, 1.807) is 0 Å². The fourth-order valence-electron chi connectivity index (χ4n) is 7.30. The van der Waals surface area contributed by atoms with Crippen LogP contribution in [0.3, 0.4) is 0 Å². The summed E-state index contributed by atoms with van der Waals surface area (Å²) < 4.78 is 0. The van der Waals surface area contributed by atoms with Gasteiger partial charge >= 0.3 is 0 Å². The molecule has 2 atom stereocenters. The maximum atomic E-state index is 13.4. The lowest BCUT2D eigenvalue weighted by Crippen LogP contribution is -2.44. The molecule has 2 aromatic heterocycles. The Kier molecular flexibility index (Phi) is 19.2. The zero-order chi connectivity index (χ0) is 38.4. The summed E-state index contributed by atoms with van der Waals surface area (Å²) in [5.74, 6) is -0.267. The number of nitrogens with zero attached hydrogens (tertiary/aromatic N) is 1. The van der Waals surface area contributed by atoms with E-state index >= 15 is 0 Å². The number of hydrogen-bond acceptors (Lipinski definition) is 5. The Morgan fingerprint density at radius 1 is 0.593 bits per heavy atom. The van der Waals surface area contributed by atoms with Crippen molar-refractivity contribution in [3.63, 3.8) is 0 Å². The van der Waals surface area contributed by atoms with Crippen LogP contribution in [0.15, 0.2) is 60.9 Å². The molecule has 2 heterocycles. The first-order chi connectivity index (χ1) is 26.4. The van der Waals surface area contributed by atoms with Gasteiger partial charge in [-0.1, -0.05) is 120 Å². The molecule has 0 spiro atoms. The Balaban J connectivity index is 1.16. The maximum absolute atomic E-state index is 13.4. The third-order valence-electron chi connectivity index (χ3n) is 10.6. The lowest BCUT2D eigenvalue weighted by atomic mass is 10.0. The normalized spacial score (nSPS) is 12.6. The third kappa shape index (κ3) is 14.6. The quantitative estimate of drug-likeness (QED) is 0.0334. The number of carbonyl (C=O) groups is 3. The lowest BCUT2D eigenvalue weighted by molar-refractivity contribution is -0.131. The van der Waals surface area contributed by atoms with E-state index in [1.165, 1.54) is 70.6 Å². The predicted molar refractivity (Wildman–Crippen MR) is 222 cm³/mol. The number of para-hydroxylation sites is 2. The molecule has 10 nitrogen and oxygen atoms in total. The second kappa shape index (κ2) is 24.3. The first-order valence-electron chi connectivity index (χ1n) is 20.8. The van der Waals surface area contributed by atoms with E-state index < -0.39 is 12.1 Å². The van der Waals surface area contributed by atoms with Crippen molar-refractivity contribution in [3.8, 4) is 0 Å². The number of aromatic amines is 2. The molecule has 0 fully saturated rings. The molecule has 0 saturated heterocycles. The highest BCUT2D eigenvalue weighted by molar-refractivity contribution is 5.87. The van der Waals surface area contributed by atoms with Gasteiger partial charge in [0.15, 0.2) is 0 Å². The minimum absolute atomic E-state index is 0.128. The number of nitrogens with two attached hydrogens (primary N) is 2. The molecule has 0 radical (unpaired) electrons. The van der Waals surface area contributed by atoms with Crippen molar-refractivity contribution in [1.82, 2.24) is 25.5 Å². The van der Waals surface area contributed by atoms with Gasteiger partial charge in [0.05, 0.1) is 12.1 Å². The molecule has 0 aliphatic rings. The van der Waals surface area contributed by atoms with Gasteiger partial charge in [-0.2, -0.15) is 0 Å². The largest absolute Gasteiger partial charge is 0.361 e. The van der Waals surface area contributed by atoms with Crippen molar-refractivity contribution in [2.24, 2.45) is 11.5 Å². The number of hydrogen-bond donors (Lipinski definition) is 6. The number of nitrogens with one attached hydrogen (secondary N) is 4. The summed E-state index contributed by atoms with van der Waals surface area (Å²) in [6, 6.07) is 14.6. The fourth-order valence-corrected chi connectivity index (χ4v) is 7.30. The highest BCUT2D eigenvalue weighted by atomic mass is 16.2. The minimum Gasteiger partial charge on any atom is -0.361 e. The molecule has 0 bridgehead atoms. The zero-order valence-electron chi connectivity index (χ0n) is 32.8.